The Morgan fingerprint density at radius 2 is 1.96 bits per heavy atom. The first-order valence-corrected chi connectivity index (χ1v) is 8.84. The van der Waals surface area contributed by atoms with Gasteiger partial charge in [-0.1, -0.05) is 24.3 Å². The summed E-state index contributed by atoms with van der Waals surface area (Å²) >= 11 is 5.16. The van der Waals surface area contributed by atoms with Gasteiger partial charge in [0.15, 0.2) is 5.11 Å². The van der Waals surface area contributed by atoms with E-state index in [0.717, 1.165) is 10.6 Å². The minimum absolute atomic E-state index is 0.0858. The van der Waals surface area contributed by atoms with Gasteiger partial charge in [-0.3, -0.25) is 10.2 Å². The van der Waals surface area contributed by atoms with E-state index in [4.69, 9.17) is 17.0 Å². The first kappa shape index (κ1) is 19.6. The maximum absolute atomic E-state index is 12.9. The molecule has 3 rings (SSSR count). The maximum Gasteiger partial charge on any atom is 0.344 e. The van der Waals surface area contributed by atoms with Gasteiger partial charge in [0.05, 0.1) is 7.11 Å². The molecule has 2 aromatic rings. The Balaban J connectivity index is 1.67. The molecule has 0 aliphatic carbocycles. The third kappa shape index (κ3) is 3.89. The first-order chi connectivity index (χ1) is 13.3. The number of hydrogen-bond acceptors (Lipinski definition) is 4. The number of halogens is 1. The van der Waals surface area contributed by atoms with Gasteiger partial charge in [-0.25, -0.2) is 9.18 Å². The molecule has 28 heavy (non-hydrogen) atoms. The Hall–Kier alpha value is -3.20. The number of hydrogen-bond donors (Lipinski definition) is 3. The van der Waals surface area contributed by atoms with Crippen LogP contribution in [0.2, 0.25) is 0 Å². The van der Waals surface area contributed by atoms with Crippen LogP contribution in [-0.4, -0.2) is 29.2 Å². The molecule has 0 radical (unpaired) electrons. The number of carbonyl (C=O) groups is 2. The van der Waals surface area contributed by atoms with Gasteiger partial charge in [-0.05, 0) is 54.5 Å². The molecule has 3 amide bonds. The van der Waals surface area contributed by atoms with Gasteiger partial charge in [0.1, 0.15) is 17.1 Å². The summed E-state index contributed by atoms with van der Waals surface area (Å²) in [5, 5.41) is 6.47. The predicted molar refractivity (Wildman–Crippen MR) is 105 cm³/mol. The fourth-order valence-electron chi connectivity index (χ4n) is 2.80. The molecule has 1 aliphatic rings. The van der Waals surface area contributed by atoms with E-state index < -0.39 is 17.5 Å². The molecule has 0 unspecified atom stereocenters. The second-order valence-corrected chi connectivity index (χ2v) is 6.76. The Morgan fingerprint density at radius 1 is 1.25 bits per heavy atom. The van der Waals surface area contributed by atoms with Crippen LogP contribution in [0.4, 0.5) is 9.18 Å². The molecule has 1 atom stereocenters. The number of nitrogens with one attached hydrogen (secondary N) is 3. The molecule has 1 aliphatic heterocycles. The third-order valence-electron chi connectivity index (χ3n) is 4.42. The summed E-state index contributed by atoms with van der Waals surface area (Å²) in [6.45, 7) is 1.92. The summed E-state index contributed by atoms with van der Waals surface area (Å²) in [7, 11) is 1.52. The molecule has 1 fully saturated rings. The second-order valence-electron chi connectivity index (χ2n) is 6.35. The van der Waals surface area contributed by atoms with Crippen molar-refractivity contribution in [3.05, 3.63) is 65.5 Å². The van der Waals surface area contributed by atoms with Gasteiger partial charge in [-0.15, -0.1) is 0 Å². The molecule has 9 heteroatoms. The third-order valence-corrected chi connectivity index (χ3v) is 4.65. The number of amides is 3. The highest BCUT2D eigenvalue weighted by Crippen LogP contribution is 2.30. The number of thiocarbonyl (C=S) groups is 1. The molecule has 0 spiro atoms. The van der Waals surface area contributed by atoms with E-state index in [0.29, 0.717) is 17.9 Å². The van der Waals surface area contributed by atoms with E-state index in [1.165, 1.54) is 19.2 Å². The molecule has 1 saturated heterocycles. The quantitative estimate of drug-likeness (QED) is 0.525. The average Bonchev–Trinajstić information content (AvgIpc) is 2.91. The van der Waals surface area contributed by atoms with E-state index in [-0.39, 0.29) is 10.9 Å². The van der Waals surface area contributed by atoms with Gasteiger partial charge < -0.3 is 15.4 Å². The van der Waals surface area contributed by atoms with Crippen molar-refractivity contribution in [2.24, 2.45) is 0 Å². The van der Waals surface area contributed by atoms with Crippen LogP contribution in [0.3, 0.4) is 0 Å². The maximum atomic E-state index is 12.9. The normalized spacial score (nSPS) is 18.6. The standard InChI is InChI=1S/C19H19FN4O3S/c1-19(13-4-3-5-15(10-13)27-2)16(25)24(18(26)22-19)23-17(28)21-11-12-6-8-14(20)9-7-12/h3-10H,11H2,1-2H3,(H,22,26)(H2,21,23,28)/t19-/m0/s1. The number of methoxy groups -OCH3 is 1. The predicted octanol–water partition coefficient (Wildman–Crippen LogP) is 2.18. The van der Waals surface area contributed by atoms with Gasteiger partial charge in [0.2, 0.25) is 0 Å². The lowest BCUT2D eigenvalue weighted by molar-refractivity contribution is -0.132. The van der Waals surface area contributed by atoms with Crippen molar-refractivity contribution in [3.63, 3.8) is 0 Å². The first-order valence-electron chi connectivity index (χ1n) is 8.43. The van der Waals surface area contributed by atoms with Crippen LogP contribution < -0.4 is 20.8 Å². The molecule has 1 heterocycles. The molecule has 7 nitrogen and oxygen atoms in total. The summed E-state index contributed by atoms with van der Waals surface area (Å²) in [6, 6.07) is 12.2. The van der Waals surface area contributed by atoms with E-state index >= 15 is 0 Å². The Bertz CT molecular complexity index is 922. The largest absolute Gasteiger partial charge is 0.497 e. The fourth-order valence-corrected chi connectivity index (χ4v) is 2.96. The SMILES string of the molecule is COc1cccc([C@]2(C)NC(=O)N(NC(=S)NCc3ccc(F)cc3)C2=O)c1. The van der Waals surface area contributed by atoms with Crippen LogP contribution in [0.25, 0.3) is 0 Å². The number of rotatable bonds is 5. The van der Waals surface area contributed by atoms with Crippen molar-refractivity contribution in [2.75, 3.05) is 7.11 Å². The van der Waals surface area contributed by atoms with Crippen molar-refractivity contribution >= 4 is 29.3 Å². The van der Waals surface area contributed by atoms with Crippen LogP contribution >= 0.6 is 12.2 Å². The zero-order chi connectivity index (χ0) is 20.3. The minimum Gasteiger partial charge on any atom is -0.497 e. The molecule has 3 N–H and O–H groups in total. The van der Waals surface area contributed by atoms with E-state index in [1.54, 1.807) is 43.3 Å². The molecular weight excluding hydrogens is 383 g/mol. The number of imide groups is 1. The smallest absolute Gasteiger partial charge is 0.344 e. The van der Waals surface area contributed by atoms with Crippen LogP contribution in [-0.2, 0) is 16.9 Å². The number of urea groups is 1. The second kappa shape index (κ2) is 7.81. The van der Waals surface area contributed by atoms with Crippen molar-refractivity contribution < 1.29 is 18.7 Å². The lowest BCUT2D eigenvalue weighted by Gasteiger charge is -2.23. The van der Waals surface area contributed by atoms with Crippen LogP contribution in [0, 0.1) is 5.82 Å². The molecule has 0 saturated carbocycles. The Labute approximate surface area is 166 Å². The highest BCUT2D eigenvalue weighted by Gasteiger charge is 2.49. The topological polar surface area (TPSA) is 82.7 Å². The molecular formula is C19H19FN4O3S. The van der Waals surface area contributed by atoms with Crippen LogP contribution in [0.1, 0.15) is 18.1 Å². The summed E-state index contributed by atoms with van der Waals surface area (Å²) < 4.78 is 18.1. The zero-order valence-electron chi connectivity index (χ0n) is 15.3. The number of nitrogens with zero attached hydrogens (tertiary/aromatic N) is 1. The molecule has 2 aromatic carbocycles. The fraction of sp³-hybridized carbons (Fsp3) is 0.211. The number of hydrazine groups is 1. The van der Waals surface area contributed by atoms with Gasteiger partial charge in [0, 0.05) is 6.54 Å². The summed E-state index contributed by atoms with van der Waals surface area (Å²) in [5.41, 5.74) is 2.72. The van der Waals surface area contributed by atoms with Crippen molar-refractivity contribution in [2.45, 2.75) is 19.0 Å². The van der Waals surface area contributed by atoms with Gasteiger partial charge in [0.25, 0.3) is 5.91 Å². The van der Waals surface area contributed by atoms with Gasteiger partial charge in [-0.2, -0.15) is 5.01 Å². The number of carbonyl (C=O) groups excluding carboxylic acids is 2. The van der Waals surface area contributed by atoms with Crippen molar-refractivity contribution in [3.8, 4) is 5.75 Å². The van der Waals surface area contributed by atoms with E-state index in [9.17, 15) is 14.0 Å². The highest BCUT2D eigenvalue weighted by atomic mass is 32.1. The molecule has 0 bridgehead atoms. The monoisotopic (exact) mass is 402 g/mol. The van der Waals surface area contributed by atoms with Crippen molar-refractivity contribution in [1.82, 2.24) is 21.1 Å². The van der Waals surface area contributed by atoms with E-state index in [1.807, 2.05) is 0 Å². The van der Waals surface area contributed by atoms with Crippen LogP contribution in [0.15, 0.2) is 48.5 Å². The summed E-state index contributed by atoms with van der Waals surface area (Å²) in [6.07, 6.45) is 0. The van der Waals surface area contributed by atoms with Crippen molar-refractivity contribution in [1.29, 1.82) is 0 Å². The summed E-state index contributed by atoms with van der Waals surface area (Å²) in [5.74, 6) is -0.263. The van der Waals surface area contributed by atoms with E-state index in [2.05, 4.69) is 16.1 Å². The lowest BCUT2D eigenvalue weighted by atomic mass is 9.92. The molecule has 0 aromatic heterocycles. The lowest BCUT2D eigenvalue weighted by Crippen LogP contribution is -2.51. The highest BCUT2D eigenvalue weighted by molar-refractivity contribution is 7.80. The Kier molecular flexibility index (Phi) is 5.46. The zero-order valence-corrected chi connectivity index (χ0v) is 16.1. The number of ether oxygens (including phenoxy) is 1. The minimum atomic E-state index is -1.26. The Morgan fingerprint density at radius 3 is 2.64 bits per heavy atom. The average molecular weight is 402 g/mol. The van der Waals surface area contributed by atoms with Gasteiger partial charge >= 0.3 is 6.03 Å². The summed E-state index contributed by atoms with van der Waals surface area (Å²) in [4.78, 5) is 25.2. The van der Waals surface area contributed by atoms with Crippen LogP contribution in [0.5, 0.6) is 5.75 Å². The molecule has 146 valence electrons. The number of benzene rings is 2.